The van der Waals surface area contributed by atoms with Crippen molar-refractivity contribution in [3.63, 3.8) is 0 Å². The normalized spacial score (nSPS) is 12.4. The first-order valence-corrected chi connectivity index (χ1v) is 3.08. The Morgan fingerprint density at radius 2 is 1.89 bits per heavy atom. The first-order valence-electron chi connectivity index (χ1n) is 1.75. The molecular formula is C2H4F2O4S. The van der Waals surface area contributed by atoms with Gasteiger partial charge in [-0.15, -0.1) is 0 Å². The lowest BCUT2D eigenvalue weighted by Crippen LogP contribution is -2.11. The molecule has 0 rings (SSSR count). The summed E-state index contributed by atoms with van der Waals surface area (Å²) in [6.07, 6.45) is 0. The third kappa shape index (κ3) is 4.25. The van der Waals surface area contributed by atoms with Crippen LogP contribution in [0.2, 0.25) is 0 Å². The minimum atomic E-state index is -4.47. The van der Waals surface area contributed by atoms with Crippen LogP contribution in [-0.2, 0) is 18.8 Å². The van der Waals surface area contributed by atoms with Crippen LogP contribution in [0.5, 0.6) is 0 Å². The van der Waals surface area contributed by atoms with Gasteiger partial charge in [0.1, 0.15) is 0 Å². The lowest BCUT2D eigenvalue weighted by molar-refractivity contribution is -0.0532. The Kier molecular flexibility index (Phi) is 2.95. The van der Waals surface area contributed by atoms with Gasteiger partial charge in [-0.2, -0.15) is 21.4 Å². The van der Waals surface area contributed by atoms with Crippen molar-refractivity contribution in [1.82, 2.24) is 0 Å². The summed E-state index contributed by atoms with van der Waals surface area (Å²) >= 11 is 0. The molecule has 0 aromatic heterocycles. The highest BCUT2D eigenvalue weighted by Crippen LogP contribution is 2.01. The summed E-state index contributed by atoms with van der Waals surface area (Å²) in [5.74, 6) is 0. The lowest BCUT2D eigenvalue weighted by Gasteiger charge is -1.98. The van der Waals surface area contributed by atoms with Gasteiger partial charge in [-0.3, -0.25) is 4.18 Å². The van der Waals surface area contributed by atoms with E-state index in [9.17, 15) is 17.2 Å². The molecule has 0 amide bonds. The van der Waals surface area contributed by atoms with Crippen molar-refractivity contribution in [3.8, 4) is 0 Å². The van der Waals surface area contributed by atoms with Crippen molar-refractivity contribution in [3.05, 3.63) is 0 Å². The van der Waals surface area contributed by atoms with Crippen molar-refractivity contribution >= 4 is 10.4 Å². The van der Waals surface area contributed by atoms with Gasteiger partial charge in [0.25, 0.3) is 0 Å². The minimum Gasteiger partial charge on any atom is -0.251 e. The number of halogens is 2. The summed E-state index contributed by atoms with van der Waals surface area (Å²) in [4.78, 5) is 0. The highest BCUT2D eigenvalue weighted by Gasteiger charge is 2.15. The van der Waals surface area contributed by atoms with E-state index in [1.807, 2.05) is 0 Å². The summed E-state index contributed by atoms with van der Waals surface area (Å²) in [6.45, 7) is -3.37. The molecule has 0 saturated carbocycles. The van der Waals surface area contributed by atoms with Gasteiger partial charge in [-0.25, -0.2) is 0 Å². The van der Waals surface area contributed by atoms with E-state index in [1.165, 1.54) is 0 Å². The van der Waals surface area contributed by atoms with Gasteiger partial charge in [-0.1, -0.05) is 0 Å². The first-order chi connectivity index (χ1) is 3.98. The Balaban J connectivity index is 3.90. The largest absolute Gasteiger partial charge is 0.404 e. The molecule has 0 aromatic carbocycles. The second kappa shape index (κ2) is 3.04. The molecule has 0 aliphatic rings. The van der Waals surface area contributed by atoms with Crippen LogP contribution in [0.25, 0.3) is 0 Å². The Morgan fingerprint density at radius 1 is 1.44 bits per heavy atom. The van der Waals surface area contributed by atoms with Crippen LogP contribution >= 0.6 is 0 Å². The predicted molar refractivity (Wildman–Crippen MR) is 23.0 cm³/mol. The van der Waals surface area contributed by atoms with E-state index in [0.29, 0.717) is 0 Å². The lowest BCUT2D eigenvalue weighted by atomic mass is 11.5. The van der Waals surface area contributed by atoms with Crippen LogP contribution in [0.4, 0.5) is 8.78 Å². The number of alkyl halides is 2. The number of rotatable bonds is 3. The molecule has 0 fully saturated rings. The van der Waals surface area contributed by atoms with E-state index >= 15 is 0 Å². The zero-order valence-electron chi connectivity index (χ0n) is 4.37. The minimum absolute atomic E-state index is 0.720. The molecule has 0 spiro atoms. The summed E-state index contributed by atoms with van der Waals surface area (Å²) in [5, 5.41) is 0. The Morgan fingerprint density at radius 3 is 2.00 bits per heavy atom. The molecule has 9 heavy (non-hydrogen) atoms. The highest BCUT2D eigenvalue weighted by molar-refractivity contribution is 7.81. The fourth-order valence-corrected chi connectivity index (χ4v) is 0.385. The fourth-order valence-electron chi connectivity index (χ4n) is 0.128. The van der Waals surface area contributed by atoms with E-state index in [0.717, 1.165) is 7.11 Å². The third-order valence-electron chi connectivity index (χ3n) is 0.395. The first kappa shape index (κ1) is 8.73. The average Bonchev–Trinajstić information content (AvgIpc) is 1.63. The molecule has 0 unspecified atom stereocenters. The summed E-state index contributed by atoms with van der Waals surface area (Å²) < 4.78 is 48.4. The molecule has 0 bridgehead atoms. The van der Waals surface area contributed by atoms with E-state index in [-0.39, 0.29) is 0 Å². The predicted octanol–water partition coefficient (Wildman–Crippen LogP) is 0.117. The van der Waals surface area contributed by atoms with Gasteiger partial charge < -0.3 is 0 Å². The smallest absolute Gasteiger partial charge is 0.251 e. The summed E-state index contributed by atoms with van der Waals surface area (Å²) in [7, 11) is -3.75. The maximum atomic E-state index is 11.0. The molecule has 0 atom stereocenters. The average molecular weight is 162 g/mol. The van der Waals surface area contributed by atoms with Crippen molar-refractivity contribution < 1.29 is 25.6 Å². The molecular weight excluding hydrogens is 158 g/mol. The van der Waals surface area contributed by atoms with Crippen LogP contribution in [0, 0.1) is 0 Å². The van der Waals surface area contributed by atoms with Crippen molar-refractivity contribution in [2.75, 3.05) is 7.11 Å². The van der Waals surface area contributed by atoms with E-state index < -0.39 is 17.0 Å². The SMILES string of the molecule is COS(=O)(=O)OC(F)F. The molecule has 0 aliphatic carbocycles. The monoisotopic (exact) mass is 162 g/mol. The molecule has 0 radical (unpaired) electrons. The summed E-state index contributed by atoms with van der Waals surface area (Å²) in [6, 6.07) is 0. The molecule has 7 heteroatoms. The molecule has 0 aliphatic heterocycles. The fraction of sp³-hybridized carbons (Fsp3) is 1.00. The molecule has 0 aromatic rings. The number of hydrogen-bond acceptors (Lipinski definition) is 4. The van der Waals surface area contributed by atoms with Gasteiger partial charge >= 0.3 is 17.0 Å². The maximum Gasteiger partial charge on any atom is 0.404 e. The molecule has 0 heterocycles. The van der Waals surface area contributed by atoms with Crippen LogP contribution < -0.4 is 0 Å². The number of hydrogen-bond donors (Lipinski definition) is 0. The molecule has 4 nitrogen and oxygen atoms in total. The Bertz CT molecular complexity index is 161. The Labute approximate surface area is 50.7 Å². The van der Waals surface area contributed by atoms with Gasteiger partial charge in [-0.05, 0) is 0 Å². The van der Waals surface area contributed by atoms with E-state index in [2.05, 4.69) is 8.37 Å². The molecule has 56 valence electrons. The second-order valence-electron chi connectivity index (χ2n) is 0.932. The maximum absolute atomic E-state index is 11.0. The second-order valence-corrected chi connectivity index (χ2v) is 2.27. The highest BCUT2D eigenvalue weighted by atomic mass is 32.3. The quantitative estimate of drug-likeness (QED) is 0.591. The zero-order chi connectivity index (χ0) is 7.49. The van der Waals surface area contributed by atoms with Gasteiger partial charge in [0.15, 0.2) is 0 Å². The topological polar surface area (TPSA) is 52.6 Å². The van der Waals surface area contributed by atoms with Crippen LogP contribution in [0.1, 0.15) is 0 Å². The van der Waals surface area contributed by atoms with Crippen molar-refractivity contribution in [1.29, 1.82) is 0 Å². The van der Waals surface area contributed by atoms with Crippen molar-refractivity contribution in [2.24, 2.45) is 0 Å². The van der Waals surface area contributed by atoms with Gasteiger partial charge in [0, 0.05) is 0 Å². The van der Waals surface area contributed by atoms with Crippen LogP contribution in [0.3, 0.4) is 0 Å². The van der Waals surface area contributed by atoms with E-state index in [4.69, 9.17) is 0 Å². The van der Waals surface area contributed by atoms with Gasteiger partial charge in [0.05, 0.1) is 7.11 Å². The molecule has 0 N–H and O–H groups in total. The third-order valence-corrected chi connectivity index (χ3v) is 1.18. The summed E-state index contributed by atoms with van der Waals surface area (Å²) in [5.41, 5.74) is 0. The molecule has 0 saturated heterocycles. The van der Waals surface area contributed by atoms with Crippen LogP contribution in [0.15, 0.2) is 0 Å². The van der Waals surface area contributed by atoms with Crippen LogP contribution in [-0.4, -0.2) is 22.1 Å². The standard InChI is InChI=1S/C2H4F2O4S/c1-7-9(5,6)8-2(3)4/h2H,1H3. The van der Waals surface area contributed by atoms with E-state index in [1.54, 1.807) is 0 Å². The van der Waals surface area contributed by atoms with Gasteiger partial charge in [0.2, 0.25) is 0 Å². The van der Waals surface area contributed by atoms with Crippen molar-refractivity contribution in [2.45, 2.75) is 6.61 Å². The Hall–Kier alpha value is -0.270. The zero-order valence-corrected chi connectivity index (χ0v) is 5.19.